The van der Waals surface area contributed by atoms with Gasteiger partial charge in [0, 0.05) is 38.1 Å². The van der Waals surface area contributed by atoms with E-state index in [1.807, 2.05) is 29.8 Å². The Balaban J connectivity index is 1.50. The molecule has 0 spiro atoms. The average Bonchev–Trinajstić information content (AvgIpc) is 3.14. The van der Waals surface area contributed by atoms with Crippen LogP contribution in [0.1, 0.15) is 23.4 Å². The van der Waals surface area contributed by atoms with Crippen molar-refractivity contribution in [2.24, 2.45) is 7.05 Å². The van der Waals surface area contributed by atoms with Crippen molar-refractivity contribution < 1.29 is 4.79 Å². The molecular weight excluding hydrogens is 342 g/mol. The fourth-order valence-electron chi connectivity index (χ4n) is 2.82. The summed E-state index contributed by atoms with van der Waals surface area (Å²) in [6.07, 6.45) is 2.52. The third-order valence-electron chi connectivity index (χ3n) is 4.62. The van der Waals surface area contributed by atoms with Gasteiger partial charge >= 0.3 is 6.03 Å². The van der Waals surface area contributed by atoms with E-state index in [1.54, 1.807) is 24.0 Å². The van der Waals surface area contributed by atoms with Gasteiger partial charge in [-0.1, -0.05) is 6.07 Å². The molecule has 0 unspecified atom stereocenters. The molecule has 2 N–H and O–H groups in total. The minimum atomic E-state index is -0.255. The van der Waals surface area contributed by atoms with Crippen LogP contribution in [0.4, 0.5) is 10.6 Å². The molecular formula is C19H25N7O. The van der Waals surface area contributed by atoms with E-state index >= 15 is 0 Å². The molecule has 0 saturated carbocycles. The van der Waals surface area contributed by atoms with Crippen LogP contribution in [0.15, 0.2) is 30.5 Å². The highest BCUT2D eigenvalue weighted by Gasteiger charge is 2.11. The van der Waals surface area contributed by atoms with Gasteiger partial charge in [0.2, 0.25) is 0 Å². The Labute approximate surface area is 158 Å². The lowest BCUT2D eigenvalue weighted by atomic mass is 10.2. The van der Waals surface area contributed by atoms with Crippen molar-refractivity contribution in [3.8, 4) is 11.4 Å². The molecule has 27 heavy (non-hydrogen) atoms. The van der Waals surface area contributed by atoms with Crippen LogP contribution >= 0.6 is 0 Å². The highest BCUT2D eigenvalue weighted by molar-refractivity contribution is 5.88. The van der Waals surface area contributed by atoms with Crippen LogP contribution in [0.2, 0.25) is 0 Å². The van der Waals surface area contributed by atoms with E-state index < -0.39 is 0 Å². The number of aromatic nitrogens is 5. The Morgan fingerprint density at radius 1 is 1.15 bits per heavy atom. The fourth-order valence-corrected chi connectivity index (χ4v) is 2.82. The van der Waals surface area contributed by atoms with E-state index in [4.69, 9.17) is 0 Å². The summed E-state index contributed by atoms with van der Waals surface area (Å²) >= 11 is 0. The van der Waals surface area contributed by atoms with Crippen molar-refractivity contribution in [3.63, 3.8) is 0 Å². The minimum absolute atomic E-state index is 0.255. The zero-order valence-corrected chi connectivity index (χ0v) is 16.2. The van der Waals surface area contributed by atoms with Crippen molar-refractivity contribution in [2.45, 2.75) is 33.7 Å². The van der Waals surface area contributed by atoms with Gasteiger partial charge in [-0.05, 0) is 44.9 Å². The van der Waals surface area contributed by atoms with Crippen LogP contribution in [0, 0.1) is 20.8 Å². The number of carbonyl (C=O) groups is 1. The number of nitrogens with one attached hydrogen (secondary N) is 2. The zero-order valence-electron chi connectivity index (χ0n) is 16.2. The number of carbonyl (C=O) groups excluding carboxylic acids is 1. The molecule has 3 rings (SSSR count). The van der Waals surface area contributed by atoms with Gasteiger partial charge in [0.15, 0.2) is 0 Å². The minimum Gasteiger partial charge on any atom is -0.338 e. The molecule has 3 aromatic heterocycles. The van der Waals surface area contributed by atoms with E-state index in [-0.39, 0.29) is 6.03 Å². The predicted octanol–water partition coefficient (Wildman–Crippen LogP) is 2.82. The van der Waals surface area contributed by atoms with Gasteiger partial charge in [0.1, 0.15) is 11.5 Å². The highest BCUT2D eigenvalue weighted by Crippen LogP contribution is 2.18. The summed E-state index contributed by atoms with van der Waals surface area (Å²) in [6.45, 7) is 7.49. The first-order valence-electron chi connectivity index (χ1n) is 8.96. The maximum Gasteiger partial charge on any atom is 0.320 e. The van der Waals surface area contributed by atoms with Crippen molar-refractivity contribution in [1.82, 2.24) is 29.9 Å². The summed E-state index contributed by atoms with van der Waals surface area (Å²) in [5.41, 5.74) is 4.93. The number of nitrogens with zero attached hydrogens (tertiary/aromatic N) is 5. The Bertz CT molecular complexity index is 927. The molecule has 0 atom stereocenters. The quantitative estimate of drug-likeness (QED) is 0.656. The monoisotopic (exact) mass is 367 g/mol. The summed E-state index contributed by atoms with van der Waals surface area (Å²) in [4.78, 5) is 16.4. The summed E-state index contributed by atoms with van der Waals surface area (Å²) < 4.78 is 3.62. The highest BCUT2D eigenvalue weighted by atomic mass is 16.2. The molecule has 0 radical (unpaired) electrons. The molecule has 0 aromatic carbocycles. The molecule has 3 heterocycles. The van der Waals surface area contributed by atoms with Crippen molar-refractivity contribution >= 4 is 11.8 Å². The number of aryl methyl sites for hydroxylation is 3. The Hall–Kier alpha value is -3.16. The van der Waals surface area contributed by atoms with Crippen LogP contribution in [0.5, 0.6) is 0 Å². The molecule has 2 amide bonds. The number of hydrogen-bond donors (Lipinski definition) is 2. The Kier molecular flexibility index (Phi) is 5.54. The first-order valence-corrected chi connectivity index (χ1v) is 8.96. The number of amides is 2. The molecule has 8 heteroatoms. The second-order valence-corrected chi connectivity index (χ2v) is 6.51. The van der Waals surface area contributed by atoms with Gasteiger partial charge in [-0.15, -0.1) is 0 Å². The second kappa shape index (κ2) is 8.03. The molecule has 8 nitrogen and oxygen atoms in total. The van der Waals surface area contributed by atoms with Gasteiger partial charge in [-0.25, -0.2) is 4.79 Å². The van der Waals surface area contributed by atoms with Gasteiger partial charge in [0.25, 0.3) is 0 Å². The maximum atomic E-state index is 12.1. The van der Waals surface area contributed by atoms with Gasteiger partial charge < -0.3 is 5.32 Å². The van der Waals surface area contributed by atoms with Gasteiger partial charge in [-0.2, -0.15) is 10.2 Å². The van der Waals surface area contributed by atoms with Crippen molar-refractivity contribution in [2.75, 3.05) is 11.9 Å². The molecule has 0 aliphatic carbocycles. The first kappa shape index (κ1) is 18.6. The molecule has 3 aromatic rings. The second-order valence-electron chi connectivity index (χ2n) is 6.51. The average molecular weight is 367 g/mol. The van der Waals surface area contributed by atoms with Gasteiger partial charge in [0.05, 0.1) is 11.4 Å². The number of hydrogen-bond acceptors (Lipinski definition) is 4. The molecule has 0 aliphatic rings. The van der Waals surface area contributed by atoms with Crippen LogP contribution in [0.3, 0.4) is 0 Å². The number of rotatable bonds is 6. The van der Waals surface area contributed by atoms with Crippen LogP contribution < -0.4 is 10.6 Å². The lowest BCUT2D eigenvalue weighted by Crippen LogP contribution is -2.30. The fraction of sp³-hybridized carbons (Fsp3) is 0.368. The molecule has 142 valence electrons. The van der Waals surface area contributed by atoms with Crippen molar-refractivity contribution in [3.05, 3.63) is 47.4 Å². The SMILES string of the molecule is Cc1nn(CCCNC(=O)Nc2cc(-c3ccccn3)nn2C)c(C)c1C. The van der Waals surface area contributed by atoms with E-state index in [0.717, 1.165) is 24.4 Å². The first-order chi connectivity index (χ1) is 13.0. The lowest BCUT2D eigenvalue weighted by Gasteiger charge is -2.08. The van der Waals surface area contributed by atoms with E-state index in [0.29, 0.717) is 18.1 Å². The summed E-state index contributed by atoms with van der Waals surface area (Å²) in [5.74, 6) is 0.613. The summed E-state index contributed by atoms with van der Waals surface area (Å²) in [6, 6.07) is 7.19. The standard InChI is InChI=1S/C19H25N7O/c1-13-14(2)23-26(15(13)3)11-7-10-21-19(27)22-18-12-17(24-25(18)4)16-8-5-6-9-20-16/h5-6,8-9,12H,7,10-11H2,1-4H3,(H2,21,22,27). The number of urea groups is 1. The molecule has 0 aliphatic heterocycles. The van der Waals surface area contributed by atoms with E-state index in [9.17, 15) is 4.79 Å². The third kappa shape index (κ3) is 4.33. The largest absolute Gasteiger partial charge is 0.338 e. The smallest absolute Gasteiger partial charge is 0.320 e. The predicted molar refractivity (Wildman–Crippen MR) is 105 cm³/mol. The Morgan fingerprint density at radius 3 is 2.63 bits per heavy atom. The summed E-state index contributed by atoms with van der Waals surface area (Å²) in [5, 5.41) is 14.6. The molecule has 0 bridgehead atoms. The normalized spacial score (nSPS) is 10.8. The number of anilines is 1. The maximum absolute atomic E-state index is 12.1. The topological polar surface area (TPSA) is 89.7 Å². The van der Waals surface area contributed by atoms with Crippen LogP contribution in [-0.2, 0) is 13.6 Å². The van der Waals surface area contributed by atoms with Crippen molar-refractivity contribution in [1.29, 1.82) is 0 Å². The third-order valence-corrected chi connectivity index (χ3v) is 4.62. The van der Waals surface area contributed by atoms with E-state index in [2.05, 4.69) is 39.7 Å². The molecule has 0 saturated heterocycles. The Morgan fingerprint density at radius 2 is 1.96 bits per heavy atom. The summed E-state index contributed by atoms with van der Waals surface area (Å²) in [7, 11) is 1.78. The zero-order chi connectivity index (χ0) is 19.4. The van der Waals surface area contributed by atoms with Crippen LogP contribution in [0.25, 0.3) is 11.4 Å². The van der Waals surface area contributed by atoms with E-state index in [1.165, 1.54) is 11.3 Å². The number of pyridine rings is 1. The van der Waals surface area contributed by atoms with Crippen LogP contribution in [-0.4, -0.2) is 37.1 Å². The lowest BCUT2D eigenvalue weighted by molar-refractivity contribution is 0.251. The molecule has 0 fully saturated rings. The van der Waals surface area contributed by atoms with Gasteiger partial charge in [-0.3, -0.25) is 19.7 Å².